The second kappa shape index (κ2) is 5.49. The average Bonchev–Trinajstić information content (AvgIpc) is 3.04. The summed E-state index contributed by atoms with van der Waals surface area (Å²) in [6.07, 6.45) is 6.19. The number of carbonyl (C=O) groups is 1. The molecule has 21 heavy (non-hydrogen) atoms. The molecule has 0 bridgehead atoms. The first-order valence-electron chi connectivity index (χ1n) is 6.11. The molecule has 0 unspecified atom stereocenters. The Morgan fingerprint density at radius 2 is 2.14 bits per heavy atom. The van der Waals surface area contributed by atoms with Gasteiger partial charge in [0.05, 0.1) is 11.9 Å². The van der Waals surface area contributed by atoms with Crippen LogP contribution < -0.4 is 5.32 Å². The largest absolute Gasteiger partial charge is 0.319 e. The topological polar surface area (TPSA) is 72.7 Å². The summed E-state index contributed by atoms with van der Waals surface area (Å²) >= 11 is 0. The summed E-state index contributed by atoms with van der Waals surface area (Å²) in [5, 5.41) is 2.60. The lowest BCUT2D eigenvalue weighted by Crippen LogP contribution is -2.14. The van der Waals surface area contributed by atoms with Gasteiger partial charge in [0.15, 0.2) is 0 Å². The molecule has 0 aliphatic carbocycles. The Morgan fingerprint density at radius 1 is 1.24 bits per heavy atom. The van der Waals surface area contributed by atoms with Crippen LogP contribution in [0.25, 0.3) is 5.82 Å². The number of halogens is 1. The molecule has 0 atom stereocenters. The van der Waals surface area contributed by atoms with Crippen LogP contribution in [0.2, 0.25) is 0 Å². The van der Waals surface area contributed by atoms with Crippen LogP contribution in [0.3, 0.4) is 0 Å². The van der Waals surface area contributed by atoms with Gasteiger partial charge in [0.2, 0.25) is 5.95 Å². The lowest BCUT2D eigenvalue weighted by atomic mass is 10.3. The Bertz CT molecular complexity index is 755. The fourth-order valence-electron chi connectivity index (χ4n) is 1.73. The summed E-state index contributed by atoms with van der Waals surface area (Å²) in [5.74, 6) is -0.420. The van der Waals surface area contributed by atoms with Crippen molar-refractivity contribution in [3.63, 3.8) is 0 Å². The van der Waals surface area contributed by atoms with E-state index in [0.29, 0.717) is 11.5 Å². The molecule has 0 saturated carbocycles. The highest BCUT2D eigenvalue weighted by atomic mass is 19.1. The van der Waals surface area contributed by atoms with Gasteiger partial charge in [0.1, 0.15) is 17.8 Å². The van der Waals surface area contributed by atoms with Crippen LogP contribution in [0.1, 0.15) is 10.5 Å². The highest BCUT2D eigenvalue weighted by Gasteiger charge is 2.09. The maximum absolute atomic E-state index is 12.7. The van der Waals surface area contributed by atoms with Crippen LogP contribution in [-0.2, 0) is 0 Å². The smallest absolute Gasteiger partial charge is 0.274 e. The zero-order valence-corrected chi connectivity index (χ0v) is 10.8. The fraction of sp³-hybridized carbons (Fsp3) is 0. The van der Waals surface area contributed by atoms with Crippen molar-refractivity contribution in [2.24, 2.45) is 0 Å². The highest BCUT2D eigenvalue weighted by molar-refractivity contribution is 6.02. The fourth-order valence-corrected chi connectivity index (χ4v) is 1.73. The number of nitrogens with one attached hydrogen (secondary N) is 1. The van der Waals surface area contributed by atoms with Crippen LogP contribution in [0.4, 0.5) is 10.1 Å². The van der Waals surface area contributed by atoms with Crippen molar-refractivity contribution < 1.29 is 9.18 Å². The van der Waals surface area contributed by atoms with E-state index in [9.17, 15) is 9.18 Å². The minimum Gasteiger partial charge on any atom is -0.319 e. The zero-order valence-electron chi connectivity index (χ0n) is 10.8. The summed E-state index contributed by atoms with van der Waals surface area (Å²) < 4.78 is 14.4. The normalized spacial score (nSPS) is 10.3. The van der Waals surface area contributed by atoms with Crippen LogP contribution >= 0.6 is 0 Å². The van der Waals surface area contributed by atoms with E-state index in [0.717, 1.165) is 0 Å². The van der Waals surface area contributed by atoms with Crippen LogP contribution in [0.15, 0.2) is 55.2 Å². The van der Waals surface area contributed by atoms with E-state index >= 15 is 0 Å². The number of hydrogen-bond acceptors (Lipinski definition) is 4. The Morgan fingerprint density at radius 3 is 2.86 bits per heavy atom. The minimum absolute atomic E-state index is 0.241. The molecule has 1 N–H and O–H groups in total. The van der Waals surface area contributed by atoms with E-state index in [-0.39, 0.29) is 5.69 Å². The Kier molecular flexibility index (Phi) is 3.38. The Hall–Kier alpha value is -3.09. The Balaban J connectivity index is 1.81. The third-order valence-corrected chi connectivity index (χ3v) is 2.72. The van der Waals surface area contributed by atoms with Crippen molar-refractivity contribution in [3.8, 4) is 5.82 Å². The van der Waals surface area contributed by atoms with E-state index < -0.39 is 11.9 Å². The molecule has 3 heterocycles. The van der Waals surface area contributed by atoms with Crippen molar-refractivity contribution in [3.05, 3.63) is 66.9 Å². The van der Waals surface area contributed by atoms with Crippen molar-refractivity contribution in [2.75, 3.05) is 5.32 Å². The number of anilines is 1. The molecule has 7 heteroatoms. The van der Waals surface area contributed by atoms with Crippen LogP contribution in [-0.4, -0.2) is 25.4 Å². The predicted octanol–water partition coefficient (Wildman–Crippen LogP) is 2.05. The van der Waals surface area contributed by atoms with Gasteiger partial charge < -0.3 is 5.32 Å². The second-order valence-corrected chi connectivity index (χ2v) is 4.17. The van der Waals surface area contributed by atoms with Crippen molar-refractivity contribution in [2.45, 2.75) is 0 Å². The number of nitrogens with zero attached hydrogens (tertiary/aromatic N) is 4. The van der Waals surface area contributed by atoms with E-state index in [4.69, 9.17) is 0 Å². The molecule has 0 saturated heterocycles. The molecule has 3 aromatic heterocycles. The molecule has 0 aliphatic rings. The molecule has 0 radical (unpaired) electrons. The van der Waals surface area contributed by atoms with Gasteiger partial charge in [-0.3, -0.25) is 9.36 Å². The second-order valence-electron chi connectivity index (χ2n) is 4.17. The third-order valence-electron chi connectivity index (χ3n) is 2.72. The van der Waals surface area contributed by atoms with Gasteiger partial charge in [-0.25, -0.2) is 15.0 Å². The van der Waals surface area contributed by atoms with Gasteiger partial charge in [0.25, 0.3) is 5.91 Å². The molecule has 3 rings (SSSR count). The summed E-state index contributed by atoms with van der Waals surface area (Å²) in [7, 11) is 0. The maximum atomic E-state index is 12.7. The lowest BCUT2D eigenvalue weighted by Gasteiger charge is -2.06. The number of carbonyl (C=O) groups excluding carboxylic acids is 1. The number of pyridine rings is 2. The Labute approximate surface area is 119 Å². The molecule has 0 spiro atoms. The maximum Gasteiger partial charge on any atom is 0.274 e. The monoisotopic (exact) mass is 283 g/mol. The van der Waals surface area contributed by atoms with Crippen LogP contribution in [0, 0.1) is 5.95 Å². The van der Waals surface area contributed by atoms with E-state index in [1.54, 1.807) is 41.5 Å². The van der Waals surface area contributed by atoms with Gasteiger partial charge in [-0.2, -0.15) is 4.39 Å². The lowest BCUT2D eigenvalue weighted by molar-refractivity contribution is 0.102. The quantitative estimate of drug-likeness (QED) is 0.747. The summed E-state index contributed by atoms with van der Waals surface area (Å²) in [6, 6.07) is 7.68. The SMILES string of the molecule is O=C(Nc1ccc(F)nc1)c1cccc(-n2ccnc2)n1. The first-order chi connectivity index (χ1) is 10.2. The standard InChI is InChI=1S/C14H10FN5O/c15-12-5-4-10(8-17-12)18-14(21)11-2-1-3-13(19-11)20-7-6-16-9-20/h1-9H,(H,18,21). The summed E-state index contributed by atoms with van der Waals surface area (Å²) in [5.41, 5.74) is 0.641. The molecular formula is C14H10FN5O. The molecular weight excluding hydrogens is 273 g/mol. The van der Waals surface area contributed by atoms with Gasteiger partial charge in [-0.05, 0) is 24.3 Å². The van der Waals surface area contributed by atoms with E-state index in [1.165, 1.54) is 18.3 Å². The zero-order chi connectivity index (χ0) is 14.7. The molecule has 104 valence electrons. The number of imidazole rings is 1. The number of amides is 1. The van der Waals surface area contributed by atoms with E-state index in [1.807, 2.05) is 0 Å². The summed E-state index contributed by atoms with van der Waals surface area (Å²) in [4.78, 5) is 23.7. The van der Waals surface area contributed by atoms with Crippen molar-refractivity contribution >= 4 is 11.6 Å². The first kappa shape index (κ1) is 12.9. The number of rotatable bonds is 3. The van der Waals surface area contributed by atoms with Gasteiger partial charge in [-0.1, -0.05) is 6.07 Å². The van der Waals surface area contributed by atoms with Gasteiger partial charge >= 0.3 is 0 Å². The number of hydrogen-bond donors (Lipinski definition) is 1. The molecule has 6 nitrogen and oxygen atoms in total. The molecule has 0 fully saturated rings. The molecule has 0 aromatic carbocycles. The van der Waals surface area contributed by atoms with E-state index in [2.05, 4.69) is 20.3 Å². The predicted molar refractivity (Wildman–Crippen MR) is 73.5 cm³/mol. The van der Waals surface area contributed by atoms with Crippen molar-refractivity contribution in [1.29, 1.82) is 0 Å². The third kappa shape index (κ3) is 2.92. The van der Waals surface area contributed by atoms with Crippen molar-refractivity contribution in [1.82, 2.24) is 19.5 Å². The van der Waals surface area contributed by atoms with Gasteiger partial charge in [0, 0.05) is 12.4 Å². The molecule has 0 aliphatic heterocycles. The minimum atomic E-state index is -0.603. The average molecular weight is 283 g/mol. The molecule has 3 aromatic rings. The summed E-state index contributed by atoms with van der Waals surface area (Å²) in [6.45, 7) is 0. The van der Waals surface area contributed by atoms with Gasteiger partial charge in [-0.15, -0.1) is 0 Å². The molecule has 1 amide bonds. The highest BCUT2D eigenvalue weighted by Crippen LogP contribution is 2.09. The van der Waals surface area contributed by atoms with Crippen LogP contribution in [0.5, 0.6) is 0 Å². The number of aromatic nitrogens is 4. The first-order valence-corrected chi connectivity index (χ1v) is 6.11.